The highest BCUT2D eigenvalue weighted by Crippen LogP contribution is 2.30. The molecule has 0 fully saturated rings. The Morgan fingerprint density at radius 3 is 1.55 bits per heavy atom. The monoisotopic (exact) mass is 664 g/mol. The number of rotatable bonds is 21. The van der Waals surface area contributed by atoms with Gasteiger partial charge >= 0.3 is 12.1 Å². The van der Waals surface area contributed by atoms with Gasteiger partial charge in [-0.05, 0) is 46.6 Å². The number of ether oxygens (including phenoxy) is 4. The number of carbonyl (C=O) groups is 5. The van der Waals surface area contributed by atoms with Crippen LogP contribution in [0.2, 0.25) is 0 Å². The van der Waals surface area contributed by atoms with Gasteiger partial charge in [0.25, 0.3) is 11.8 Å². The fourth-order valence-corrected chi connectivity index (χ4v) is 4.34. The maximum absolute atomic E-state index is 13.3. The number of esters is 1. The van der Waals surface area contributed by atoms with Crippen LogP contribution in [0.4, 0.5) is 4.79 Å². The van der Waals surface area contributed by atoms with Crippen molar-refractivity contribution >= 4 is 29.8 Å². The van der Waals surface area contributed by atoms with E-state index >= 15 is 0 Å². The number of nitrogens with one attached hydrogen (secondary N) is 4. The molecule has 0 saturated heterocycles. The minimum Gasteiger partial charge on any atom is -0.493 e. The van der Waals surface area contributed by atoms with Crippen LogP contribution in [-0.4, -0.2) is 55.2 Å². The van der Waals surface area contributed by atoms with Crippen molar-refractivity contribution in [2.45, 2.75) is 131 Å². The predicted octanol–water partition coefficient (Wildman–Crippen LogP) is 6.05. The largest absolute Gasteiger partial charge is 0.493 e. The van der Waals surface area contributed by atoms with Crippen LogP contribution in [0.25, 0.3) is 0 Å². The topological polar surface area (TPSA) is 170 Å². The third-order valence-electron chi connectivity index (χ3n) is 6.68. The molecule has 0 aromatic heterocycles. The third-order valence-corrected chi connectivity index (χ3v) is 6.68. The van der Waals surface area contributed by atoms with E-state index in [9.17, 15) is 24.0 Å². The van der Waals surface area contributed by atoms with Crippen molar-refractivity contribution in [3.8, 4) is 11.5 Å². The SMILES string of the molecule is CCCCCCCCOc1cc(OCCCCCCCC)c(C(=O)NNC(=O)OC(C)(C)C)cc1C(=O)NNC(=O)CC(=O)OCC. The van der Waals surface area contributed by atoms with E-state index in [4.69, 9.17) is 18.9 Å². The predicted molar refractivity (Wildman–Crippen MR) is 178 cm³/mol. The highest BCUT2D eigenvalue weighted by Gasteiger charge is 2.24. The van der Waals surface area contributed by atoms with Crippen LogP contribution in [-0.2, 0) is 19.1 Å². The summed E-state index contributed by atoms with van der Waals surface area (Å²) in [7, 11) is 0. The van der Waals surface area contributed by atoms with Crippen molar-refractivity contribution in [1.29, 1.82) is 0 Å². The molecule has 0 aliphatic heterocycles. The Labute approximate surface area is 279 Å². The van der Waals surface area contributed by atoms with Crippen LogP contribution < -0.4 is 31.2 Å². The second-order valence-electron chi connectivity index (χ2n) is 12.1. The molecule has 13 nitrogen and oxygen atoms in total. The van der Waals surface area contributed by atoms with Crippen molar-refractivity contribution < 1.29 is 42.9 Å². The molecule has 47 heavy (non-hydrogen) atoms. The van der Waals surface area contributed by atoms with Gasteiger partial charge in [-0.15, -0.1) is 0 Å². The smallest absolute Gasteiger partial charge is 0.426 e. The fourth-order valence-electron chi connectivity index (χ4n) is 4.34. The Hall–Kier alpha value is -4.03. The summed E-state index contributed by atoms with van der Waals surface area (Å²) in [6.07, 6.45) is 10.9. The zero-order chi connectivity index (χ0) is 35.1. The van der Waals surface area contributed by atoms with Gasteiger partial charge in [-0.25, -0.2) is 10.2 Å². The summed E-state index contributed by atoms with van der Waals surface area (Å²) in [6.45, 7) is 11.7. The number of carbonyl (C=O) groups excluding carboxylic acids is 5. The maximum atomic E-state index is 13.3. The minimum atomic E-state index is -0.874. The summed E-state index contributed by atoms with van der Waals surface area (Å²) in [6, 6.07) is 2.73. The molecule has 0 spiro atoms. The van der Waals surface area contributed by atoms with Crippen LogP contribution in [0.1, 0.15) is 146 Å². The van der Waals surface area contributed by atoms with E-state index in [2.05, 4.69) is 35.6 Å². The van der Waals surface area contributed by atoms with Crippen LogP contribution >= 0.6 is 0 Å². The minimum absolute atomic E-state index is 0.0537. The van der Waals surface area contributed by atoms with Gasteiger partial charge in [-0.3, -0.25) is 35.5 Å². The van der Waals surface area contributed by atoms with Gasteiger partial charge in [0.2, 0.25) is 5.91 Å². The first kappa shape index (κ1) is 41.0. The zero-order valence-corrected chi connectivity index (χ0v) is 29.1. The molecule has 1 aromatic rings. The molecule has 0 atom stereocenters. The van der Waals surface area contributed by atoms with Crippen molar-refractivity contribution in [1.82, 2.24) is 21.7 Å². The maximum Gasteiger partial charge on any atom is 0.426 e. The molecular formula is C34H56N4O9. The van der Waals surface area contributed by atoms with E-state index in [1.807, 2.05) is 0 Å². The first-order valence-corrected chi connectivity index (χ1v) is 16.9. The highest BCUT2D eigenvalue weighted by atomic mass is 16.6. The molecule has 13 heteroatoms. The van der Waals surface area contributed by atoms with Crippen LogP contribution in [0.15, 0.2) is 12.1 Å². The van der Waals surface area contributed by atoms with Gasteiger partial charge in [-0.1, -0.05) is 78.1 Å². The lowest BCUT2D eigenvalue weighted by Crippen LogP contribution is -2.44. The Morgan fingerprint density at radius 1 is 0.617 bits per heavy atom. The van der Waals surface area contributed by atoms with Gasteiger partial charge in [-0.2, -0.15) is 0 Å². The first-order chi connectivity index (χ1) is 22.4. The summed E-state index contributed by atoms with van der Waals surface area (Å²) in [5.41, 5.74) is 8.03. The van der Waals surface area contributed by atoms with Gasteiger partial charge in [0.15, 0.2) is 0 Å². The number of amides is 4. The molecule has 0 aliphatic rings. The summed E-state index contributed by atoms with van der Waals surface area (Å²) >= 11 is 0. The van der Waals surface area contributed by atoms with E-state index in [1.54, 1.807) is 27.7 Å². The van der Waals surface area contributed by atoms with Crippen molar-refractivity contribution in [3.05, 3.63) is 23.3 Å². The van der Waals surface area contributed by atoms with Gasteiger partial charge < -0.3 is 18.9 Å². The van der Waals surface area contributed by atoms with E-state index in [1.165, 1.54) is 25.0 Å². The van der Waals surface area contributed by atoms with E-state index in [0.717, 1.165) is 64.2 Å². The first-order valence-electron chi connectivity index (χ1n) is 16.9. The molecule has 4 N–H and O–H groups in total. The quantitative estimate of drug-likeness (QED) is 0.0529. The van der Waals surface area contributed by atoms with E-state index in [0.29, 0.717) is 13.2 Å². The molecule has 0 heterocycles. The number of hydrogen-bond acceptors (Lipinski definition) is 9. The highest BCUT2D eigenvalue weighted by molar-refractivity contribution is 6.04. The molecule has 4 amide bonds. The van der Waals surface area contributed by atoms with E-state index in [-0.39, 0.29) is 29.2 Å². The lowest BCUT2D eigenvalue weighted by Gasteiger charge is -2.20. The normalized spacial score (nSPS) is 10.9. The fraction of sp³-hybridized carbons (Fsp3) is 0.676. The Bertz CT molecular complexity index is 1140. The molecule has 1 aromatic carbocycles. The van der Waals surface area contributed by atoms with E-state index < -0.39 is 41.8 Å². The molecule has 0 saturated carbocycles. The van der Waals surface area contributed by atoms with Crippen LogP contribution in [0.5, 0.6) is 11.5 Å². The molecule has 0 radical (unpaired) electrons. The third kappa shape index (κ3) is 18.6. The molecule has 0 bridgehead atoms. The summed E-state index contributed by atoms with van der Waals surface area (Å²) in [4.78, 5) is 62.6. The Kier molecular flexibility index (Phi) is 20.3. The summed E-state index contributed by atoms with van der Waals surface area (Å²) in [5.74, 6) is -2.79. The van der Waals surface area contributed by atoms with Crippen LogP contribution in [0, 0.1) is 0 Å². The number of hydrazine groups is 2. The molecule has 266 valence electrons. The van der Waals surface area contributed by atoms with Crippen molar-refractivity contribution in [3.63, 3.8) is 0 Å². The second-order valence-corrected chi connectivity index (χ2v) is 12.1. The lowest BCUT2D eigenvalue weighted by molar-refractivity contribution is -0.146. The van der Waals surface area contributed by atoms with Gasteiger partial charge in [0.05, 0.1) is 30.9 Å². The standard InChI is InChI=1S/C34H56N4O9/c1-7-10-12-14-16-18-20-45-27-23-28(46-21-19-17-15-13-11-8-2)26(32(42)37-38-33(43)47-34(4,5)6)22-25(27)31(41)36-35-29(39)24-30(40)44-9-3/h22-23H,7-21,24H2,1-6H3,(H,35,39)(H,36,41)(H,37,42)(H,38,43). The van der Waals surface area contributed by atoms with Crippen LogP contribution in [0.3, 0.4) is 0 Å². The van der Waals surface area contributed by atoms with Crippen molar-refractivity contribution in [2.75, 3.05) is 19.8 Å². The number of benzene rings is 1. The zero-order valence-electron chi connectivity index (χ0n) is 29.1. The summed E-state index contributed by atoms with van der Waals surface area (Å²) in [5, 5.41) is 0. The molecule has 1 rings (SSSR count). The Balaban J connectivity index is 3.25. The lowest BCUT2D eigenvalue weighted by atomic mass is 10.1. The Morgan fingerprint density at radius 2 is 1.09 bits per heavy atom. The van der Waals surface area contributed by atoms with Crippen molar-refractivity contribution in [2.24, 2.45) is 0 Å². The molecule has 0 aliphatic carbocycles. The second kappa shape index (κ2) is 23.3. The number of hydrogen-bond donors (Lipinski definition) is 4. The van der Waals surface area contributed by atoms with Gasteiger partial charge in [0.1, 0.15) is 23.5 Å². The average molecular weight is 665 g/mol. The van der Waals surface area contributed by atoms with Gasteiger partial charge in [0, 0.05) is 6.07 Å². The molecule has 0 unspecified atom stereocenters. The molecular weight excluding hydrogens is 608 g/mol. The number of unbranched alkanes of at least 4 members (excludes halogenated alkanes) is 10. The average Bonchev–Trinajstić information content (AvgIpc) is 3.00. The summed E-state index contributed by atoms with van der Waals surface area (Å²) < 4.78 is 22.0.